The fourth-order valence-corrected chi connectivity index (χ4v) is 2.07. The quantitative estimate of drug-likeness (QED) is 0.817. The molecule has 2 rings (SSSR count). The van der Waals surface area contributed by atoms with Gasteiger partial charge in [0.15, 0.2) is 0 Å². The number of hydrogen-bond acceptors (Lipinski definition) is 3. The van der Waals surface area contributed by atoms with Crippen molar-refractivity contribution in [2.45, 2.75) is 19.4 Å². The number of likely N-dealkylation sites (N-methyl/N-ethyl adjacent to an activating group) is 1. The fourth-order valence-electron chi connectivity index (χ4n) is 1.85. The lowest BCUT2D eigenvalue weighted by Crippen LogP contribution is -2.31. The first kappa shape index (κ1) is 11.9. The Bertz CT molecular complexity index is 487. The van der Waals surface area contributed by atoms with E-state index >= 15 is 0 Å². The van der Waals surface area contributed by atoms with Gasteiger partial charge in [0.05, 0.1) is 6.42 Å². The Kier molecular flexibility index (Phi) is 3.07. The van der Waals surface area contributed by atoms with Gasteiger partial charge in [-0.05, 0) is 30.7 Å². The van der Waals surface area contributed by atoms with E-state index in [0.717, 1.165) is 16.2 Å². The minimum atomic E-state index is -0.465. The molecule has 1 aliphatic heterocycles. The average Bonchev–Trinajstić information content (AvgIpc) is 2.50. The lowest BCUT2D eigenvalue weighted by molar-refractivity contribution is -0.136. The summed E-state index contributed by atoms with van der Waals surface area (Å²) >= 11 is 5.85. The van der Waals surface area contributed by atoms with E-state index in [9.17, 15) is 9.59 Å². The van der Waals surface area contributed by atoms with E-state index in [1.165, 1.54) is 7.05 Å². The third kappa shape index (κ3) is 2.26. The van der Waals surface area contributed by atoms with E-state index in [-0.39, 0.29) is 18.2 Å². The molecular formula is C12H13ClN2O2. The van der Waals surface area contributed by atoms with Crippen LogP contribution in [-0.2, 0) is 9.59 Å². The van der Waals surface area contributed by atoms with E-state index in [0.29, 0.717) is 5.02 Å². The summed E-state index contributed by atoms with van der Waals surface area (Å²) in [5, 5.41) is 3.73. The predicted molar refractivity (Wildman–Crippen MR) is 66.0 cm³/mol. The second-order valence-corrected chi connectivity index (χ2v) is 4.59. The van der Waals surface area contributed by atoms with Crippen LogP contribution in [-0.4, -0.2) is 29.8 Å². The molecule has 90 valence electrons. The summed E-state index contributed by atoms with van der Waals surface area (Å²) in [6.45, 7) is 1.90. The van der Waals surface area contributed by atoms with Crippen LogP contribution >= 0.6 is 11.6 Å². The van der Waals surface area contributed by atoms with Crippen molar-refractivity contribution < 1.29 is 9.59 Å². The van der Waals surface area contributed by atoms with Gasteiger partial charge in [0.1, 0.15) is 6.04 Å². The molecule has 1 atom stereocenters. The van der Waals surface area contributed by atoms with Crippen molar-refractivity contribution in [2.24, 2.45) is 0 Å². The molecule has 5 heteroatoms. The second kappa shape index (κ2) is 4.37. The highest BCUT2D eigenvalue weighted by molar-refractivity contribution is 6.30. The van der Waals surface area contributed by atoms with Gasteiger partial charge in [-0.25, -0.2) is 0 Å². The average molecular weight is 253 g/mol. The Balaban J connectivity index is 2.17. The normalized spacial score (nSPS) is 19.9. The molecule has 4 nitrogen and oxygen atoms in total. The molecule has 1 aromatic rings. The zero-order valence-corrected chi connectivity index (χ0v) is 10.4. The highest BCUT2D eigenvalue weighted by Gasteiger charge is 2.35. The highest BCUT2D eigenvalue weighted by atomic mass is 35.5. The molecule has 0 radical (unpaired) electrons. The number of anilines is 1. The van der Waals surface area contributed by atoms with Gasteiger partial charge in [0, 0.05) is 17.8 Å². The highest BCUT2D eigenvalue weighted by Crippen LogP contribution is 2.23. The fraction of sp³-hybridized carbons (Fsp3) is 0.333. The molecule has 0 bridgehead atoms. The first-order valence-corrected chi connectivity index (χ1v) is 5.70. The number of benzene rings is 1. The van der Waals surface area contributed by atoms with Crippen molar-refractivity contribution in [3.05, 3.63) is 28.8 Å². The number of hydrogen-bond donors (Lipinski definition) is 1. The van der Waals surface area contributed by atoms with Crippen LogP contribution in [0.1, 0.15) is 12.0 Å². The molecule has 17 heavy (non-hydrogen) atoms. The van der Waals surface area contributed by atoms with Gasteiger partial charge in [-0.3, -0.25) is 14.5 Å². The van der Waals surface area contributed by atoms with Gasteiger partial charge in [-0.15, -0.1) is 0 Å². The summed E-state index contributed by atoms with van der Waals surface area (Å²) in [7, 11) is 1.50. The van der Waals surface area contributed by atoms with Crippen LogP contribution in [0, 0.1) is 6.92 Å². The Morgan fingerprint density at radius 2 is 2.12 bits per heavy atom. The molecule has 1 saturated heterocycles. The first-order chi connectivity index (χ1) is 7.99. The summed E-state index contributed by atoms with van der Waals surface area (Å²) in [6.07, 6.45) is 0.206. The second-order valence-electron chi connectivity index (χ2n) is 4.15. The third-order valence-electron chi connectivity index (χ3n) is 2.90. The Morgan fingerprint density at radius 1 is 1.41 bits per heavy atom. The van der Waals surface area contributed by atoms with Crippen LogP contribution in [0.15, 0.2) is 18.2 Å². The molecule has 0 spiro atoms. The van der Waals surface area contributed by atoms with Crippen molar-refractivity contribution in [3.63, 3.8) is 0 Å². The number of likely N-dealkylation sites (tertiary alicyclic amines) is 1. The molecule has 1 aliphatic rings. The number of carbonyl (C=O) groups is 2. The van der Waals surface area contributed by atoms with Crippen molar-refractivity contribution in [1.29, 1.82) is 0 Å². The SMILES string of the molecule is Cc1cc(Cl)ccc1NC1CC(=O)N(C)C1=O. The molecule has 1 aromatic carbocycles. The molecule has 1 fully saturated rings. The zero-order valence-electron chi connectivity index (χ0n) is 9.66. The maximum Gasteiger partial charge on any atom is 0.251 e. The van der Waals surface area contributed by atoms with Crippen LogP contribution in [0.5, 0.6) is 0 Å². The molecule has 0 aromatic heterocycles. The Hall–Kier alpha value is -1.55. The van der Waals surface area contributed by atoms with Gasteiger partial charge < -0.3 is 5.32 Å². The molecule has 1 N–H and O–H groups in total. The molecule has 0 aliphatic carbocycles. The summed E-state index contributed by atoms with van der Waals surface area (Å²) in [5.41, 5.74) is 1.78. The van der Waals surface area contributed by atoms with Gasteiger partial charge in [-0.1, -0.05) is 11.6 Å². The number of halogens is 1. The Morgan fingerprint density at radius 3 is 2.65 bits per heavy atom. The predicted octanol–water partition coefficient (Wildman–Crippen LogP) is 1.82. The molecule has 0 saturated carbocycles. The number of carbonyl (C=O) groups excluding carboxylic acids is 2. The summed E-state index contributed by atoms with van der Waals surface area (Å²) in [6, 6.07) is 4.91. The van der Waals surface area contributed by atoms with E-state index < -0.39 is 6.04 Å². The van der Waals surface area contributed by atoms with Gasteiger partial charge >= 0.3 is 0 Å². The van der Waals surface area contributed by atoms with Crippen LogP contribution in [0.25, 0.3) is 0 Å². The lowest BCUT2D eigenvalue weighted by atomic mass is 10.1. The van der Waals surface area contributed by atoms with E-state index in [1.807, 2.05) is 19.1 Å². The molecule has 2 amide bonds. The van der Waals surface area contributed by atoms with Crippen LogP contribution in [0.2, 0.25) is 5.02 Å². The lowest BCUT2D eigenvalue weighted by Gasteiger charge is -2.14. The maximum atomic E-state index is 11.7. The van der Waals surface area contributed by atoms with Crippen molar-refractivity contribution in [3.8, 4) is 0 Å². The molecular weight excluding hydrogens is 240 g/mol. The van der Waals surface area contributed by atoms with Gasteiger partial charge in [-0.2, -0.15) is 0 Å². The van der Waals surface area contributed by atoms with Crippen molar-refractivity contribution >= 4 is 29.1 Å². The van der Waals surface area contributed by atoms with Crippen molar-refractivity contribution in [2.75, 3.05) is 12.4 Å². The standard InChI is InChI=1S/C12H13ClN2O2/c1-7-5-8(13)3-4-9(7)14-10-6-11(16)15(2)12(10)17/h3-5,10,14H,6H2,1-2H3. The largest absolute Gasteiger partial charge is 0.373 e. The topological polar surface area (TPSA) is 49.4 Å². The summed E-state index contributed by atoms with van der Waals surface area (Å²) in [5.74, 6) is -0.344. The number of aryl methyl sites for hydroxylation is 1. The van der Waals surface area contributed by atoms with Crippen LogP contribution in [0.3, 0.4) is 0 Å². The number of amides is 2. The van der Waals surface area contributed by atoms with Crippen LogP contribution < -0.4 is 5.32 Å². The number of imide groups is 1. The first-order valence-electron chi connectivity index (χ1n) is 5.32. The smallest absolute Gasteiger partial charge is 0.251 e. The Labute approximate surface area is 105 Å². The van der Waals surface area contributed by atoms with E-state index in [2.05, 4.69) is 5.32 Å². The van der Waals surface area contributed by atoms with Crippen LogP contribution in [0.4, 0.5) is 5.69 Å². The number of nitrogens with one attached hydrogen (secondary N) is 1. The van der Waals surface area contributed by atoms with Gasteiger partial charge in [0.2, 0.25) is 5.91 Å². The number of nitrogens with zero attached hydrogens (tertiary/aromatic N) is 1. The summed E-state index contributed by atoms with van der Waals surface area (Å²) < 4.78 is 0. The zero-order chi connectivity index (χ0) is 12.6. The third-order valence-corrected chi connectivity index (χ3v) is 3.13. The molecule has 1 unspecified atom stereocenters. The summed E-state index contributed by atoms with van der Waals surface area (Å²) in [4.78, 5) is 24.2. The number of rotatable bonds is 2. The molecule has 1 heterocycles. The van der Waals surface area contributed by atoms with E-state index in [1.54, 1.807) is 6.07 Å². The monoisotopic (exact) mass is 252 g/mol. The van der Waals surface area contributed by atoms with Crippen molar-refractivity contribution in [1.82, 2.24) is 4.90 Å². The minimum Gasteiger partial charge on any atom is -0.373 e. The minimum absolute atomic E-state index is 0.154. The van der Waals surface area contributed by atoms with E-state index in [4.69, 9.17) is 11.6 Å². The van der Waals surface area contributed by atoms with Gasteiger partial charge in [0.25, 0.3) is 5.91 Å². The maximum absolute atomic E-state index is 11.7.